The van der Waals surface area contributed by atoms with Gasteiger partial charge in [-0.15, -0.1) is 0 Å². The maximum atomic E-state index is 12.7. The van der Waals surface area contributed by atoms with Gasteiger partial charge < -0.3 is 14.8 Å². The number of anilines is 2. The summed E-state index contributed by atoms with van der Waals surface area (Å²) in [6.07, 6.45) is 10.1. The zero-order valence-corrected chi connectivity index (χ0v) is 22.6. The lowest BCUT2D eigenvalue weighted by atomic mass is 9.48. The molecule has 6 heteroatoms. The summed E-state index contributed by atoms with van der Waals surface area (Å²) in [6.45, 7) is 2.31. The van der Waals surface area contributed by atoms with Crippen LogP contribution in [0.3, 0.4) is 0 Å². The Hall–Kier alpha value is -3.80. The van der Waals surface area contributed by atoms with Crippen molar-refractivity contribution >= 4 is 23.5 Å². The van der Waals surface area contributed by atoms with Crippen LogP contribution in [0.2, 0.25) is 0 Å². The normalized spacial score (nSPS) is 25.0. The largest absolute Gasteiger partial charge is 0.490 e. The van der Waals surface area contributed by atoms with E-state index in [1.165, 1.54) is 44.1 Å². The highest BCUT2D eigenvalue weighted by atomic mass is 16.5. The first kappa shape index (κ1) is 25.5. The fourth-order valence-corrected chi connectivity index (χ4v) is 7.40. The fraction of sp³-hybridized carbons (Fsp3) is 0.394. The number of carbonyl (C=O) groups is 1. The third-order valence-electron chi connectivity index (χ3n) is 8.63. The number of hydrogen-bond acceptors (Lipinski definition) is 5. The summed E-state index contributed by atoms with van der Waals surface area (Å²) in [5.74, 6) is 3.66. The van der Waals surface area contributed by atoms with Gasteiger partial charge in [-0.25, -0.2) is 0 Å². The zero-order valence-electron chi connectivity index (χ0n) is 22.6. The molecule has 4 fully saturated rings. The van der Waals surface area contributed by atoms with E-state index in [-0.39, 0.29) is 12.5 Å². The maximum Gasteiger partial charge on any atom is 0.262 e. The Kier molecular flexibility index (Phi) is 7.27. The topological polar surface area (TPSA) is 71.9 Å². The van der Waals surface area contributed by atoms with Gasteiger partial charge in [0.1, 0.15) is 0 Å². The van der Waals surface area contributed by atoms with Crippen LogP contribution in [0, 0.1) is 17.8 Å². The molecule has 0 radical (unpaired) electrons. The Labute approximate surface area is 230 Å². The predicted molar refractivity (Wildman–Crippen MR) is 156 cm³/mol. The maximum absolute atomic E-state index is 12.7. The van der Waals surface area contributed by atoms with Gasteiger partial charge in [0.2, 0.25) is 0 Å². The van der Waals surface area contributed by atoms with E-state index in [1.807, 2.05) is 55.5 Å². The first-order valence-corrected chi connectivity index (χ1v) is 14.2. The average Bonchev–Trinajstić information content (AvgIpc) is 2.93. The number of benzene rings is 3. The van der Waals surface area contributed by atoms with E-state index in [0.29, 0.717) is 23.5 Å². The lowest BCUT2D eigenvalue weighted by Gasteiger charge is -2.57. The van der Waals surface area contributed by atoms with Crippen molar-refractivity contribution in [2.45, 2.75) is 50.9 Å². The molecule has 202 valence electrons. The van der Waals surface area contributed by atoms with E-state index in [0.717, 1.165) is 34.7 Å². The lowest BCUT2D eigenvalue weighted by Crippen LogP contribution is -2.48. The van der Waals surface area contributed by atoms with Crippen LogP contribution in [0.1, 0.15) is 56.6 Å². The summed E-state index contributed by atoms with van der Waals surface area (Å²) in [7, 11) is 0. The number of ether oxygens (including phenoxy) is 2. The number of para-hydroxylation sites is 1. The molecule has 3 aromatic carbocycles. The van der Waals surface area contributed by atoms with Crippen molar-refractivity contribution in [3.8, 4) is 11.5 Å². The number of rotatable bonds is 10. The molecule has 0 spiro atoms. The monoisotopic (exact) mass is 523 g/mol. The molecule has 4 saturated carbocycles. The molecule has 0 aromatic heterocycles. The first-order valence-electron chi connectivity index (χ1n) is 14.2. The van der Waals surface area contributed by atoms with Gasteiger partial charge >= 0.3 is 0 Å². The number of carbonyl (C=O) groups excluding carboxylic acids is 1. The van der Waals surface area contributed by atoms with Gasteiger partial charge in [-0.05, 0) is 122 Å². The molecule has 4 bridgehead atoms. The fourth-order valence-electron chi connectivity index (χ4n) is 7.40. The van der Waals surface area contributed by atoms with Gasteiger partial charge in [0.25, 0.3) is 5.91 Å². The Balaban J connectivity index is 1.04. The van der Waals surface area contributed by atoms with Crippen LogP contribution in [-0.4, -0.2) is 25.3 Å². The molecule has 3 aromatic rings. The van der Waals surface area contributed by atoms with Crippen molar-refractivity contribution in [2.75, 3.05) is 24.0 Å². The third-order valence-corrected chi connectivity index (χ3v) is 8.63. The predicted octanol–water partition coefficient (Wildman–Crippen LogP) is 7.02. The molecule has 4 aliphatic carbocycles. The highest BCUT2D eigenvalue weighted by Gasteiger charge is 2.51. The zero-order chi connectivity index (χ0) is 26.7. The van der Waals surface area contributed by atoms with Gasteiger partial charge in [0, 0.05) is 5.69 Å². The smallest absolute Gasteiger partial charge is 0.262 e. The minimum atomic E-state index is -0.197. The van der Waals surface area contributed by atoms with Gasteiger partial charge in [-0.2, -0.15) is 5.10 Å². The Morgan fingerprint density at radius 1 is 0.872 bits per heavy atom. The number of hydrogen-bond donors (Lipinski definition) is 2. The van der Waals surface area contributed by atoms with Crippen molar-refractivity contribution in [2.24, 2.45) is 22.9 Å². The second-order valence-electron chi connectivity index (χ2n) is 11.5. The van der Waals surface area contributed by atoms with E-state index in [9.17, 15) is 4.79 Å². The summed E-state index contributed by atoms with van der Waals surface area (Å²) in [5, 5.41) is 7.27. The van der Waals surface area contributed by atoms with E-state index in [2.05, 4.69) is 40.1 Å². The van der Waals surface area contributed by atoms with Crippen LogP contribution in [0.15, 0.2) is 77.9 Å². The Morgan fingerprint density at radius 3 is 2.23 bits per heavy atom. The molecule has 39 heavy (non-hydrogen) atoms. The summed E-state index contributed by atoms with van der Waals surface area (Å²) in [5.41, 5.74) is 7.40. The molecular formula is C33H37N3O3. The van der Waals surface area contributed by atoms with E-state index in [1.54, 1.807) is 6.21 Å². The SMILES string of the molecule is CCOc1cc(/C=N/Nc2ccccc2)ccc1OCC(=O)Nc1ccc(C23CC4CC(CC(C4)C2)C3)cc1. The van der Waals surface area contributed by atoms with Crippen LogP contribution in [0.5, 0.6) is 11.5 Å². The van der Waals surface area contributed by atoms with Crippen molar-refractivity contribution in [1.29, 1.82) is 0 Å². The molecule has 4 aliphatic rings. The van der Waals surface area contributed by atoms with E-state index < -0.39 is 0 Å². The molecule has 0 unspecified atom stereocenters. The summed E-state index contributed by atoms with van der Waals surface area (Å²) >= 11 is 0. The lowest BCUT2D eigenvalue weighted by molar-refractivity contribution is -0.118. The first-order chi connectivity index (χ1) is 19.1. The quantitative estimate of drug-likeness (QED) is 0.221. The molecule has 0 saturated heterocycles. The highest BCUT2D eigenvalue weighted by Crippen LogP contribution is 2.60. The van der Waals surface area contributed by atoms with Crippen LogP contribution in [-0.2, 0) is 10.2 Å². The molecule has 0 atom stereocenters. The second kappa shape index (κ2) is 11.1. The van der Waals surface area contributed by atoms with Crippen LogP contribution in [0.25, 0.3) is 0 Å². The molecule has 0 aliphatic heterocycles. The Bertz CT molecular complexity index is 1280. The molecule has 6 nitrogen and oxygen atoms in total. The van der Waals surface area contributed by atoms with Gasteiger partial charge in [0.05, 0.1) is 18.5 Å². The molecule has 2 N–H and O–H groups in total. The minimum Gasteiger partial charge on any atom is -0.490 e. The van der Waals surface area contributed by atoms with Crippen LogP contribution < -0.4 is 20.2 Å². The minimum absolute atomic E-state index is 0.0974. The summed E-state index contributed by atoms with van der Waals surface area (Å²) < 4.78 is 11.6. The van der Waals surface area contributed by atoms with Crippen molar-refractivity contribution in [3.63, 3.8) is 0 Å². The number of amides is 1. The van der Waals surface area contributed by atoms with Gasteiger partial charge in [-0.3, -0.25) is 10.2 Å². The van der Waals surface area contributed by atoms with Crippen molar-refractivity contribution in [1.82, 2.24) is 0 Å². The summed E-state index contributed by atoms with van der Waals surface area (Å²) in [4.78, 5) is 12.7. The summed E-state index contributed by atoms with van der Waals surface area (Å²) in [6, 6.07) is 23.9. The number of hydrazone groups is 1. The second-order valence-corrected chi connectivity index (χ2v) is 11.5. The highest BCUT2D eigenvalue weighted by molar-refractivity contribution is 5.92. The number of nitrogens with zero attached hydrogens (tertiary/aromatic N) is 1. The average molecular weight is 524 g/mol. The van der Waals surface area contributed by atoms with E-state index in [4.69, 9.17) is 9.47 Å². The van der Waals surface area contributed by atoms with Gasteiger partial charge in [-0.1, -0.05) is 30.3 Å². The molecule has 1 amide bonds. The molecule has 7 rings (SSSR count). The van der Waals surface area contributed by atoms with Crippen LogP contribution in [0.4, 0.5) is 11.4 Å². The van der Waals surface area contributed by atoms with Crippen molar-refractivity contribution in [3.05, 3.63) is 83.9 Å². The molecular weight excluding hydrogens is 486 g/mol. The van der Waals surface area contributed by atoms with Crippen molar-refractivity contribution < 1.29 is 14.3 Å². The molecule has 0 heterocycles. The van der Waals surface area contributed by atoms with Gasteiger partial charge in [0.15, 0.2) is 18.1 Å². The Morgan fingerprint density at radius 2 is 1.56 bits per heavy atom. The number of nitrogens with one attached hydrogen (secondary N) is 2. The standard InChI is InChI=1S/C33H37N3O3/c1-2-38-31-17-23(21-34-36-29-6-4-3-5-7-29)8-13-30(31)39-22-32(37)35-28-11-9-27(10-12-28)33-18-24-14-25(19-33)16-26(15-24)20-33/h3-13,17,21,24-26,36H,2,14-16,18-20,22H2,1H3,(H,35,37)/b34-21+. The van der Waals surface area contributed by atoms with E-state index >= 15 is 0 Å². The van der Waals surface area contributed by atoms with Crippen LogP contribution >= 0.6 is 0 Å². The third kappa shape index (κ3) is 5.80.